The summed E-state index contributed by atoms with van der Waals surface area (Å²) < 4.78 is 11.8. The molecule has 104 valence electrons. The average molecular weight is 289 g/mol. The van der Waals surface area contributed by atoms with Gasteiger partial charge in [-0.15, -0.1) is 11.6 Å². The van der Waals surface area contributed by atoms with E-state index in [1.807, 2.05) is 30.3 Å². The van der Waals surface area contributed by atoms with Crippen LogP contribution in [-0.4, -0.2) is 13.2 Å². The SMILES string of the molecule is ClCc1ccccc1OCC1OCCc2ccccc21. The molecule has 2 nitrogen and oxygen atoms in total. The third kappa shape index (κ3) is 2.82. The summed E-state index contributed by atoms with van der Waals surface area (Å²) in [6.45, 7) is 1.27. The van der Waals surface area contributed by atoms with Gasteiger partial charge in [0.15, 0.2) is 0 Å². The van der Waals surface area contributed by atoms with Gasteiger partial charge in [-0.1, -0.05) is 42.5 Å². The molecular weight excluding hydrogens is 272 g/mol. The number of hydrogen-bond acceptors (Lipinski definition) is 2. The first-order chi connectivity index (χ1) is 9.88. The van der Waals surface area contributed by atoms with Crippen molar-refractivity contribution in [3.8, 4) is 5.75 Å². The number of rotatable bonds is 4. The van der Waals surface area contributed by atoms with Gasteiger partial charge in [0.05, 0.1) is 12.5 Å². The lowest BCUT2D eigenvalue weighted by molar-refractivity contribution is 0.0100. The van der Waals surface area contributed by atoms with E-state index in [9.17, 15) is 0 Å². The van der Waals surface area contributed by atoms with Crippen molar-refractivity contribution in [1.82, 2.24) is 0 Å². The van der Waals surface area contributed by atoms with Crippen LogP contribution in [0.2, 0.25) is 0 Å². The molecule has 1 aliphatic rings. The summed E-state index contributed by atoms with van der Waals surface area (Å²) >= 11 is 5.92. The van der Waals surface area contributed by atoms with Gasteiger partial charge in [-0.05, 0) is 23.6 Å². The first kappa shape index (κ1) is 13.5. The summed E-state index contributed by atoms with van der Waals surface area (Å²) in [5.41, 5.74) is 3.61. The predicted molar refractivity (Wildman–Crippen MR) is 80.3 cm³/mol. The lowest BCUT2D eigenvalue weighted by Gasteiger charge is -2.26. The Morgan fingerprint density at radius 1 is 1.10 bits per heavy atom. The van der Waals surface area contributed by atoms with Crippen LogP contribution >= 0.6 is 11.6 Å². The van der Waals surface area contributed by atoms with Gasteiger partial charge in [0.2, 0.25) is 0 Å². The molecule has 0 fully saturated rings. The second kappa shape index (κ2) is 6.29. The smallest absolute Gasteiger partial charge is 0.123 e. The zero-order valence-electron chi connectivity index (χ0n) is 11.2. The third-order valence-electron chi connectivity index (χ3n) is 3.60. The van der Waals surface area contributed by atoms with Crippen LogP contribution in [0.4, 0.5) is 0 Å². The molecule has 20 heavy (non-hydrogen) atoms. The highest BCUT2D eigenvalue weighted by Crippen LogP contribution is 2.28. The quantitative estimate of drug-likeness (QED) is 0.788. The number of benzene rings is 2. The van der Waals surface area contributed by atoms with Crippen molar-refractivity contribution < 1.29 is 9.47 Å². The molecule has 3 rings (SSSR count). The van der Waals surface area contributed by atoms with Crippen molar-refractivity contribution >= 4 is 11.6 Å². The van der Waals surface area contributed by atoms with Gasteiger partial charge in [0.25, 0.3) is 0 Å². The van der Waals surface area contributed by atoms with Crippen molar-refractivity contribution in [2.75, 3.05) is 13.2 Å². The lowest BCUT2D eigenvalue weighted by atomic mass is 9.98. The number of halogens is 1. The highest BCUT2D eigenvalue weighted by Gasteiger charge is 2.21. The van der Waals surface area contributed by atoms with Gasteiger partial charge in [-0.3, -0.25) is 0 Å². The zero-order valence-corrected chi connectivity index (χ0v) is 12.0. The van der Waals surface area contributed by atoms with Crippen molar-refractivity contribution in [3.63, 3.8) is 0 Å². The van der Waals surface area contributed by atoms with Gasteiger partial charge >= 0.3 is 0 Å². The first-order valence-electron chi connectivity index (χ1n) is 6.84. The predicted octanol–water partition coefficient (Wildman–Crippen LogP) is 4.12. The molecule has 0 aliphatic carbocycles. The molecule has 0 saturated carbocycles. The topological polar surface area (TPSA) is 18.5 Å². The standard InChI is InChI=1S/C17H17ClO2/c18-11-14-6-2-4-8-16(14)20-12-17-15-7-3-1-5-13(15)9-10-19-17/h1-8,17H,9-12H2. The molecule has 2 aromatic carbocycles. The summed E-state index contributed by atoms with van der Waals surface area (Å²) in [5.74, 6) is 1.30. The third-order valence-corrected chi connectivity index (χ3v) is 3.89. The van der Waals surface area contributed by atoms with Gasteiger partial charge in [-0.2, -0.15) is 0 Å². The Morgan fingerprint density at radius 3 is 2.80 bits per heavy atom. The van der Waals surface area contributed by atoms with E-state index in [1.165, 1.54) is 11.1 Å². The van der Waals surface area contributed by atoms with Crippen LogP contribution in [-0.2, 0) is 17.0 Å². The Bertz CT molecular complexity index is 583. The molecule has 1 atom stereocenters. The normalized spacial score (nSPS) is 17.6. The molecule has 1 aliphatic heterocycles. The molecule has 1 heterocycles. The van der Waals surface area contributed by atoms with E-state index in [2.05, 4.69) is 18.2 Å². The Hall–Kier alpha value is -1.51. The largest absolute Gasteiger partial charge is 0.490 e. The molecule has 0 spiro atoms. The minimum Gasteiger partial charge on any atom is -0.490 e. The Balaban J connectivity index is 1.73. The van der Waals surface area contributed by atoms with Crippen molar-refractivity contribution in [2.24, 2.45) is 0 Å². The molecule has 3 heteroatoms. The monoisotopic (exact) mass is 288 g/mol. The zero-order chi connectivity index (χ0) is 13.8. The van der Waals surface area contributed by atoms with E-state index in [-0.39, 0.29) is 6.10 Å². The molecule has 0 amide bonds. The van der Waals surface area contributed by atoms with Gasteiger partial charge in [-0.25, -0.2) is 0 Å². The number of alkyl halides is 1. The molecule has 0 radical (unpaired) electrons. The van der Waals surface area contributed by atoms with E-state index < -0.39 is 0 Å². The maximum Gasteiger partial charge on any atom is 0.123 e. The average Bonchev–Trinajstić information content (AvgIpc) is 2.53. The van der Waals surface area contributed by atoms with E-state index in [4.69, 9.17) is 21.1 Å². The van der Waals surface area contributed by atoms with E-state index >= 15 is 0 Å². The fraction of sp³-hybridized carbons (Fsp3) is 0.294. The first-order valence-corrected chi connectivity index (χ1v) is 7.38. The van der Waals surface area contributed by atoms with Crippen LogP contribution in [0, 0.1) is 0 Å². The Labute approximate surface area is 124 Å². The van der Waals surface area contributed by atoms with E-state index in [0.717, 1.165) is 24.3 Å². The van der Waals surface area contributed by atoms with Crippen LogP contribution < -0.4 is 4.74 Å². The molecule has 2 aromatic rings. The second-order valence-electron chi connectivity index (χ2n) is 4.86. The lowest BCUT2D eigenvalue weighted by Crippen LogP contribution is -2.21. The molecule has 0 bridgehead atoms. The van der Waals surface area contributed by atoms with Crippen LogP contribution in [0.5, 0.6) is 5.75 Å². The van der Waals surface area contributed by atoms with Crippen molar-refractivity contribution in [3.05, 3.63) is 65.2 Å². The van der Waals surface area contributed by atoms with Crippen LogP contribution in [0.15, 0.2) is 48.5 Å². The minimum absolute atomic E-state index is 0.00308. The fourth-order valence-electron chi connectivity index (χ4n) is 2.54. The van der Waals surface area contributed by atoms with Crippen molar-refractivity contribution in [1.29, 1.82) is 0 Å². The van der Waals surface area contributed by atoms with Crippen LogP contribution in [0.1, 0.15) is 22.8 Å². The van der Waals surface area contributed by atoms with Crippen LogP contribution in [0.3, 0.4) is 0 Å². The number of para-hydroxylation sites is 1. The summed E-state index contributed by atoms with van der Waals surface area (Å²) in [5, 5.41) is 0. The number of fused-ring (bicyclic) bond motifs is 1. The van der Waals surface area contributed by atoms with E-state index in [0.29, 0.717) is 12.5 Å². The molecule has 0 N–H and O–H groups in total. The van der Waals surface area contributed by atoms with Crippen molar-refractivity contribution in [2.45, 2.75) is 18.4 Å². The van der Waals surface area contributed by atoms with Gasteiger partial charge in [0, 0.05) is 5.56 Å². The highest BCUT2D eigenvalue weighted by atomic mass is 35.5. The maximum atomic E-state index is 5.92. The number of ether oxygens (including phenoxy) is 2. The fourth-order valence-corrected chi connectivity index (χ4v) is 2.76. The molecule has 0 aromatic heterocycles. The summed E-state index contributed by atoms with van der Waals surface area (Å²) in [6, 6.07) is 16.3. The molecule has 0 saturated heterocycles. The maximum absolute atomic E-state index is 5.92. The van der Waals surface area contributed by atoms with Gasteiger partial charge in [0.1, 0.15) is 18.5 Å². The van der Waals surface area contributed by atoms with E-state index in [1.54, 1.807) is 0 Å². The summed E-state index contributed by atoms with van der Waals surface area (Å²) in [7, 11) is 0. The Kier molecular flexibility index (Phi) is 4.24. The molecule has 1 unspecified atom stereocenters. The van der Waals surface area contributed by atoms with Gasteiger partial charge < -0.3 is 9.47 Å². The second-order valence-corrected chi connectivity index (χ2v) is 5.13. The highest BCUT2D eigenvalue weighted by molar-refractivity contribution is 6.17. The summed E-state index contributed by atoms with van der Waals surface area (Å²) in [4.78, 5) is 0. The minimum atomic E-state index is 0.00308. The van der Waals surface area contributed by atoms with Crippen LogP contribution in [0.25, 0.3) is 0 Å². The summed E-state index contributed by atoms with van der Waals surface area (Å²) in [6.07, 6.45) is 0.980. The number of hydrogen-bond donors (Lipinski definition) is 0. The Morgan fingerprint density at radius 2 is 1.90 bits per heavy atom. The molecular formula is C17H17ClO2.